The SMILES string of the molecule is C=CC(O)OCC(C)(C)C. The third kappa shape index (κ3) is 5.79. The third-order valence-corrected chi connectivity index (χ3v) is 0.889. The molecule has 1 atom stereocenters. The first kappa shape index (κ1) is 9.66. The molecular formula is C8H16O2. The van der Waals surface area contributed by atoms with Gasteiger partial charge in [0, 0.05) is 0 Å². The molecule has 0 aromatic rings. The molecular weight excluding hydrogens is 128 g/mol. The summed E-state index contributed by atoms with van der Waals surface area (Å²) in [5.41, 5.74) is 0.101. The molecule has 10 heavy (non-hydrogen) atoms. The molecule has 0 aliphatic heterocycles. The van der Waals surface area contributed by atoms with Crippen molar-refractivity contribution >= 4 is 0 Å². The minimum absolute atomic E-state index is 0.101. The van der Waals surface area contributed by atoms with Gasteiger partial charge in [0.2, 0.25) is 0 Å². The molecule has 0 amide bonds. The van der Waals surface area contributed by atoms with Crippen molar-refractivity contribution in [3.8, 4) is 0 Å². The summed E-state index contributed by atoms with van der Waals surface area (Å²) in [6.07, 6.45) is 0.547. The van der Waals surface area contributed by atoms with Crippen molar-refractivity contribution in [1.82, 2.24) is 0 Å². The molecule has 2 nitrogen and oxygen atoms in total. The zero-order valence-corrected chi connectivity index (χ0v) is 6.92. The quantitative estimate of drug-likeness (QED) is 0.481. The topological polar surface area (TPSA) is 29.5 Å². The Kier molecular flexibility index (Phi) is 3.61. The molecule has 1 N–H and O–H groups in total. The summed E-state index contributed by atoms with van der Waals surface area (Å²) in [7, 11) is 0. The Morgan fingerprint density at radius 2 is 2.10 bits per heavy atom. The third-order valence-electron chi connectivity index (χ3n) is 0.889. The molecule has 0 bridgehead atoms. The molecule has 1 unspecified atom stereocenters. The van der Waals surface area contributed by atoms with Gasteiger partial charge >= 0.3 is 0 Å². The van der Waals surface area contributed by atoms with Crippen LogP contribution in [0, 0.1) is 5.41 Å². The van der Waals surface area contributed by atoms with Crippen LogP contribution in [0.4, 0.5) is 0 Å². The molecule has 0 saturated heterocycles. The molecule has 0 aliphatic carbocycles. The minimum Gasteiger partial charge on any atom is -0.365 e. The lowest BCUT2D eigenvalue weighted by atomic mass is 9.99. The normalized spacial score (nSPS) is 14.8. The van der Waals surface area contributed by atoms with Crippen LogP contribution in [0.25, 0.3) is 0 Å². The lowest BCUT2D eigenvalue weighted by Gasteiger charge is -2.19. The van der Waals surface area contributed by atoms with Crippen molar-refractivity contribution in [1.29, 1.82) is 0 Å². The monoisotopic (exact) mass is 144 g/mol. The van der Waals surface area contributed by atoms with Crippen molar-refractivity contribution in [3.05, 3.63) is 12.7 Å². The lowest BCUT2D eigenvalue weighted by molar-refractivity contribution is -0.0867. The maximum absolute atomic E-state index is 8.88. The van der Waals surface area contributed by atoms with E-state index in [0.717, 1.165) is 0 Å². The summed E-state index contributed by atoms with van der Waals surface area (Å²) in [6.45, 7) is 10.1. The average Bonchev–Trinajstić information content (AvgIpc) is 1.81. The Labute approximate surface area is 62.5 Å². The van der Waals surface area contributed by atoms with E-state index in [0.29, 0.717) is 6.61 Å². The Morgan fingerprint density at radius 1 is 1.60 bits per heavy atom. The van der Waals surface area contributed by atoms with Crippen LogP contribution in [0.5, 0.6) is 0 Å². The first-order chi connectivity index (χ1) is 4.45. The largest absolute Gasteiger partial charge is 0.365 e. The molecule has 0 saturated carbocycles. The highest BCUT2D eigenvalue weighted by Crippen LogP contribution is 2.13. The van der Waals surface area contributed by atoms with Crippen molar-refractivity contribution in [2.45, 2.75) is 27.1 Å². The highest BCUT2D eigenvalue weighted by Gasteiger charge is 2.11. The van der Waals surface area contributed by atoms with E-state index in [-0.39, 0.29) is 5.41 Å². The highest BCUT2D eigenvalue weighted by molar-refractivity contribution is 4.71. The van der Waals surface area contributed by atoms with E-state index in [1.165, 1.54) is 6.08 Å². The zero-order valence-electron chi connectivity index (χ0n) is 6.92. The van der Waals surface area contributed by atoms with Crippen molar-refractivity contribution in [2.75, 3.05) is 6.61 Å². The summed E-state index contributed by atoms with van der Waals surface area (Å²) in [4.78, 5) is 0. The van der Waals surface area contributed by atoms with E-state index in [9.17, 15) is 0 Å². The maximum Gasteiger partial charge on any atom is 0.173 e. The summed E-state index contributed by atoms with van der Waals surface area (Å²) >= 11 is 0. The van der Waals surface area contributed by atoms with Gasteiger partial charge in [0.15, 0.2) is 6.29 Å². The Balaban J connectivity index is 3.45. The Hall–Kier alpha value is -0.340. The van der Waals surface area contributed by atoms with Crippen molar-refractivity contribution in [2.24, 2.45) is 5.41 Å². The molecule has 0 fully saturated rings. The predicted octanol–water partition coefficient (Wildman–Crippen LogP) is 1.55. The number of hydrogen-bond acceptors (Lipinski definition) is 2. The number of aliphatic hydroxyl groups excluding tert-OH is 1. The van der Waals surface area contributed by atoms with Crippen LogP contribution in [-0.4, -0.2) is 18.0 Å². The van der Waals surface area contributed by atoms with E-state index >= 15 is 0 Å². The van der Waals surface area contributed by atoms with Crippen LogP contribution in [0.15, 0.2) is 12.7 Å². The van der Waals surface area contributed by atoms with Gasteiger partial charge in [-0.25, -0.2) is 0 Å². The van der Waals surface area contributed by atoms with Crippen LogP contribution >= 0.6 is 0 Å². The minimum atomic E-state index is -0.820. The van der Waals surface area contributed by atoms with Gasteiger partial charge in [0.05, 0.1) is 6.61 Å². The van der Waals surface area contributed by atoms with E-state index in [1.807, 2.05) is 20.8 Å². The second-order valence-electron chi connectivity index (χ2n) is 3.50. The van der Waals surface area contributed by atoms with Gasteiger partial charge < -0.3 is 9.84 Å². The highest BCUT2D eigenvalue weighted by atomic mass is 16.6. The number of hydrogen-bond donors (Lipinski definition) is 1. The fourth-order valence-corrected chi connectivity index (χ4v) is 0.403. The molecule has 60 valence electrons. The summed E-state index contributed by atoms with van der Waals surface area (Å²) < 4.78 is 4.99. The molecule has 2 heteroatoms. The molecule has 0 spiro atoms. The molecule has 0 radical (unpaired) electrons. The Morgan fingerprint density at radius 3 is 2.40 bits per heavy atom. The van der Waals surface area contributed by atoms with Gasteiger partial charge in [-0.05, 0) is 11.5 Å². The van der Waals surface area contributed by atoms with Gasteiger partial charge in [-0.3, -0.25) is 0 Å². The fourth-order valence-electron chi connectivity index (χ4n) is 0.403. The second-order valence-corrected chi connectivity index (χ2v) is 3.50. The van der Waals surface area contributed by atoms with Gasteiger partial charge in [0.1, 0.15) is 0 Å². The van der Waals surface area contributed by atoms with E-state index in [2.05, 4.69) is 6.58 Å². The van der Waals surface area contributed by atoms with Crippen LogP contribution in [0.1, 0.15) is 20.8 Å². The molecule has 0 rings (SSSR count). The number of ether oxygens (including phenoxy) is 1. The molecule has 0 aromatic heterocycles. The molecule has 0 heterocycles. The van der Waals surface area contributed by atoms with E-state index in [1.54, 1.807) is 0 Å². The maximum atomic E-state index is 8.88. The number of rotatable bonds is 3. The Bertz CT molecular complexity index is 102. The van der Waals surface area contributed by atoms with Gasteiger partial charge in [-0.1, -0.05) is 27.4 Å². The first-order valence-electron chi connectivity index (χ1n) is 3.38. The van der Waals surface area contributed by atoms with Crippen LogP contribution in [-0.2, 0) is 4.74 Å². The van der Waals surface area contributed by atoms with Crippen molar-refractivity contribution < 1.29 is 9.84 Å². The zero-order chi connectivity index (χ0) is 8.20. The summed E-state index contributed by atoms with van der Waals surface area (Å²) in [5.74, 6) is 0. The van der Waals surface area contributed by atoms with Crippen molar-refractivity contribution in [3.63, 3.8) is 0 Å². The molecule has 0 aliphatic rings. The summed E-state index contributed by atoms with van der Waals surface area (Å²) in [5, 5.41) is 8.88. The lowest BCUT2D eigenvalue weighted by Crippen LogP contribution is -2.19. The van der Waals surface area contributed by atoms with Gasteiger partial charge in [-0.2, -0.15) is 0 Å². The summed E-state index contributed by atoms with van der Waals surface area (Å²) in [6, 6.07) is 0. The van der Waals surface area contributed by atoms with Gasteiger partial charge in [-0.15, -0.1) is 0 Å². The van der Waals surface area contributed by atoms with Gasteiger partial charge in [0.25, 0.3) is 0 Å². The van der Waals surface area contributed by atoms with E-state index < -0.39 is 6.29 Å². The van der Waals surface area contributed by atoms with Crippen LogP contribution < -0.4 is 0 Å². The predicted molar refractivity (Wildman–Crippen MR) is 41.6 cm³/mol. The van der Waals surface area contributed by atoms with E-state index in [4.69, 9.17) is 9.84 Å². The first-order valence-corrected chi connectivity index (χ1v) is 3.38. The average molecular weight is 144 g/mol. The smallest absolute Gasteiger partial charge is 0.173 e. The molecule has 0 aromatic carbocycles. The standard InChI is InChI=1S/C8H16O2/c1-5-7(9)10-6-8(2,3)4/h5,7,9H,1,6H2,2-4H3. The second kappa shape index (κ2) is 3.74. The fraction of sp³-hybridized carbons (Fsp3) is 0.750. The number of aliphatic hydroxyl groups is 1. The van der Waals surface area contributed by atoms with Crippen LogP contribution in [0.2, 0.25) is 0 Å². The van der Waals surface area contributed by atoms with Crippen LogP contribution in [0.3, 0.4) is 0 Å².